The first-order valence-electron chi connectivity index (χ1n) is 7.39. The van der Waals surface area contributed by atoms with Crippen molar-refractivity contribution >= 4 is 0 Å². The molecule has 0 amide bonds. The molecule has 0 saturated heterocycles. The Kier molecular flexibility index (Phi) is 3.77. The standard InChI is InChI=1S/C20H26/c1-15-12-17(19(2,3)4)14-18(13-15)20(5,6)16-10-8-7-9-11-16/h7-14H,1-6H3. The average Bonchev–Trinajstić information content (AvgIpc) is 2.38. The smallest absolute Gasteiger partial charge is 0.0146 e. The third-order valence-electron chi connectivity index (χ3n) is 4.16. The fourth-order valence-corrected chi connectivity index (χ4v) is 2.60. The van der Waals surface area contributed by atoms with E-state index in [0.717, 1.165) is 0 Å². The molecule has 0 aliphatic carbocycles. The van der Waals surface area contributed by atoms with Crippen LogP contribution in [0.25, 0.3) is 0 Å². The molecule has 106 valence electrons. The first-order chi connectivity index (χ1) is 9.21. The van der Waals surface area contributed by atoms with Crippen molar-refractivity contribution in [3.63, 3.8) is 0 Å². The predicted octanol–water partition coefficient (Wildman–Crippen LogP) is 5.62. The van der Waals surface area contributed by atoms with Gasteiger partial charge in [0.2, 0.25) is 0 Å². The SMILES string of the molecule is Cc1cc(C(C)(C)C)cc(C(C)(C)c2ccccc2)c1. The van der Waals surface area contributed by atoms with Crippen molar-refractivity contribution in [3.8, 4) is 0 Å². The molecule has 0 radical (unpaired) electrons. The maximum atomic E-state index is 2.38. The summed E-state index contributed by atoms with van der Waals surface area (Å²) in [5.41, 5.74) is 5.74. The highest BCUT2D eigenvalue weighted by Gasteiger charge is 2.25. The van der Waals surface area contributed by atoms with E-state index in [4.69, 9.17) is 0 Å². The zero-order chi connectivity index (χ0) is 15.0. The number of aryl methyl sites for hydroxylation is 1. The van der Waals surface area contributed by atoms with Crippen LogP contribution in [0.5, 0.6) is 0 Å². The van der Waals surface area contributed by atoms with Crippen LogP contribution in [0.3, 0.4) is 0 Å². The average molecular weight is 266 g/mol. The van der Waals surface area contributed by atoms with E-state index in [1.807, 2.05) is 0 Å². The molecule has 2 aromatic carbocycles. The van der Waals surface area contributed by atoms with E-state index in [2.05, 4.69) is 90.1 Å². The summed E-state index contributed by atoms with van der Waals surface area (Å²) < 4.78 is 0. The van der Waals surface area contributed by atoms with E-state index >= 15 is 0 Å². The molecule has 0 nitrogen and oxygen atoms in total. The molecule has 0 atom stereocenters. The summed E-state index contributed by atoms with van der Waals surface area (Å²) in [6, 6.07) is 17.8. The van der Waals surface area contributed by atoms with Gasteiger partial charge in [-0.25, -0.2) is 0 Å². The predicted molar refractivity (Wildman–Crippen MR) is 88.4 cm³/mol. The van der Waals surface area contributed by atoms with Gasteiger partial charge in [-0.1, -0.05) is 88.7 Å². The molecule has 2 aromatic rings. The minimum absolute atomic E-state index is 0.0350. The molecule has 0 heterocycles. The Morgan fingerprint density at radius 2 is 1.20 bits per heavy atom. The maximum Gasteiger partial charge on any atom is 0.0146 e. The summed E-state index contributed by atoms with van der Waals surface area (Å²) in [7, 11) is 0. The molecule has 0 aromatic heterocycles. The first-order valence-corrected chi connectivity index (χ1v) is 7.39. The summed E-state index contributed by atoms with van der Waals surface area (Å²) in [5, 5.41) is 0. The van der Waals surface area contributed by atoms with Gasteiger partial charge in [0.25, 0.3) is 0 Å². The highest BCUT2D eigenvalue weighted by atomic mass is 14.3. The summed E-state index contributed by atoms with van der Waals surface area (Å²) in [5.74, 6) is 0. The van der Waals surface area contributed by atoms with Crippen LogP contribution in [0.2, 0.25) is 0 Å². The lowest BCUT2D eigenvalue weighted by Crippen LogP contribution is -2.21. The van der Waals surface area contributed by atoms with E-state index in [1.165, 1.54) is 22.3 Å². The van der Waals surface area contributed by atoms with Crippen LogP contribution in [0.1, 0.15) is 56.9 Å². The Bertz CT molecular complexity index is 583. The van der Waals surface area contributed by atoms with Crippen LogP contribution >= 0.6 is 0 Å². The Labute approximate surface area is 123 Å². The van der Waals surface area contributed by atoms with Crippen LogP contribution in [0.15, 0.2) is 48.5 Å². The summed E-state index contributed by atoms with van der Waals surface area (Å²) in [6.07, 6.45) is 0. The molecule has 0 heteroatoms. The number of hydrogen-bond donors (Lipinski definition) is 0. The van der Waals surface area contributed by atoms with Gasteiger partial charge in [-0.15, -0.1) is 0 Å². The molecular weight excluding hydrogens is 240 g/mol. The largest absolute Gasteiger partial charge is 0.0622 e. The summed E-state index contributed by atoms with van der Waals surface area (Å²) in [4.78, 5) is 0. The quantitative estimate of drug-likeness (QED) is 0.662. The van der Waals surface area contributed by atoms with Crippen LogP contribution in [0.4, 0.5) is 0 Å². The minimum Gasteiger partial charge on any atom is -0.0622 e. The third kappa shape index (κ3) is 2.95. The lowest BCUT2D eigenvalue weighted by Gasteiger charge is -2.29. The molecule has 0 aliphatic rings. The topological polar surface area (TPSA) is 0 Å². The second kappa shape index (κ2) is 5.09. The van der Waals surface area contributed by atoms with Gasteiger partial charge in [-0.2, -0.15) is 0 Å². The molecule has 0 spiro atoms. The molecule has 0 N–H and O–H groups in total. The third-order valence-corrected chi connectivity index (χ3v) is 4.16. The van der Waals surface area contributed by atoms with Gasteiger partial charge in [0.1, 0.15) is 0 Å². The van der Waals surface area contributed by atoms with E-state index < -0.39 is 0 Å². The molecule has 20 heavy (non-hydrogen) atoms. The number of rotatable bonds is 2. The van der Waals surface area contributed by atoms with E-state index in [-0.39, 0.29) is 10.8 Å². The van der Waals surface area contributed by atoms with Crippen molar-refractivity contribution in [2.45, 2.75) is 52.4 Å². The molecule has 0 unspecified atom stereocenters. The van der Waals surface area contributed by atoms with E-state index in [1.54, 1.807) is 0 Å². The van der Waals surface area contributed by atoms with E-state index in [9.17, 15) is 0 Å². The second-order valence-corrected chi connectivity index (χ2v) is 7.33. The minimum atomic E-state index is 0.0350. The van der Waals surface area contributed by atoms with Crippen molar-refractivity contribution in [1.82, 2.24) is 0 Å². The zero-order valence-corrected chi connectivity index (χ0v) is 13.6. The Balaban J connectivity index is 2.55. The monoisotopic (exact) mass is 266 g/mol. The van der Waals surface area contributed by atoms with Crippen molar-refractivity contribution in [2.24, 2.45) is 0 Å². The number of benzene rings is 2. The van der Waals surface area contributed by atoms with Crippen molar-refractivity contribution in [2.75, 3.05) is 0 Å². The lowest BCUT2D eigenvalue weighted by molar-refractivity contribution is 0.581. The summed E-state index contributed by atoms with van der Waals surface area (Å²) >= 11 is 0. The molecule has 0 bridgehead atoms. The van der Waals surface area contributed by atoms with Crippen LogP contribution in [-0.4, -0.2) is 0 Å². The van der Waals surface area contributed by atoms with Gasteiger partial charge < -0.3 is 0 Å². The molecular formula is C20H26. The van der Waals surface area contributed by atoms with Crippen LogP contribution in [-0.2, 0) is 10.8 Å². The van der Waals surface area contributed by atoms with Crippen molar-refractivity contribution in [3.05, 3.63) is 70.8 Å². The van der Waals surface area contributed by atoms with Gasteiger partial charge in [0.15, 0.2) is 0 Å². The fourth-order valence-electron chi connectivity index (χ4n) is 2.60. The Morgan fingerprint density at radius 1 is 0.650 bits per heavy atom. The van der Waals surface area contributed by atoms with Gasteiger partial charge in [0, 0.05) is 5.41 Å². The Hall–Kier alpha value is -1.56. The van der Waals surface area contributed by atoms with Crippen LogP contribution in [0, 0.1) is 6.92 Å². The highest BCUT2D eigenvalue weighted by molar-refractivity contribution is 5.43. The van der Waals surface area contributed by atoms with Gasteiger partial charge in [-0.3, -0.25) is 0 Å². The second-order valence-electron chi connectivity index (χ2n) is 7.33. The molecule has 0 aliphatic heterocycles. The lowest BCUT2D eigenvalue weighted by atomic mass is 9.75. The van der Waals surface area contributed by atoms with Crippen LogP contribution < -0.4 is 0 Å². The number of hydrogen-bond acceptors (Lipinski definition) is 0. The maximum absolute atomic E-state index is 2.38. The molecule has 0 saturated carbocycles. The summed E-state index contributed by atoms with van der Waals surface area (Å²) in [6.45, 7) is 13.6. The van der Waals surface area contributed by atoms with Gasteiger partial charge in [0.05, 0.1) is 0 Å². The molecule has 2 rings (SSSR count). The first kappa shape index (κ1) is 14.8. The van der Waals surface area contributed by atoms with Crippen molar-refractivity contribution < 1.29 is 0 Å². The highest BCUT2D eigenvalue weighted by Crippen LogP contribution is 2.34. The molecule has 0 fully saturated rings. The zero-order valence-electron chi connectivity index (χ0n) is 13.6. The van der Waals surface area contributed by atoms with Crippen molar-refractivity contribution in [1.29, 1.82) is 0 Å². The van der Waals surface area contributed by atoms with Gasteiger partial charge >= 0.3 is 0 Å². The van der Waals surface area contributed by atoms with E-state index in [0.29, 0.717) is 0 Å². The fraction of sp³-hybridized carbons (Fsp3) is 0.400. The normalized spacial score (nSPS) is 12.5. The van der Waals surface area contributed by atoms with Gasteiger partial charge in [-0.05, 0) is 29.0 Å². The Morgan fingerprint density at radius 3 is 1.75 bits per heavy atom.